The number of thiazole rings is 1. The van der Waals surface area contributed by atoms with Gasteiger partial charge in [-0.2, -0.15) is 5.26 Å². The van der Waals surface area contributed by atoms with Crippen molar-refractivity contribution in [3.05, 3.63) is 86.8 Å². The van der Waals surface area contributed by atoms with Crippen LogP contribution in [0.4, 0.5) is 10.8 Å². The number of sulfonamides is 1. The lowest BCUT2D eigenvalue weighted by Crippen LogP contribution is -2.34. The lowest BCUT2D eigenvalue weighted by molar-refractivity contribution is 0.601. The van der Waals surface area contributed by atoms with Gasteiger partial charge in [-0.15, -0.1) is 11.3 Å². The van der Waals surface area contributed by atoms with Crippen LogP contribution in [0.5, 0.6) is 0 Å². The molecule has 0 aliphatic carbocycles. The van der Waals surface area contributed by atoms with E-state index >= 15 is 0 Å². The molecule has 0 aliphatic rings. The average molecular weight is 489 g/mol. The van der Waals surface area contributed by atoms with Crippen molar-refractivity contribution in [1.29, 1.82) is 5.26 Å². The van der Waals surface area contributed by atoms with Gasteiger partial charge in [0.2, 0.25) is 0 Å². The molecule has 0 amide bonds. The predicted octanol–water partition coefficient (Wildman–Crippen LogP) is 2.85. The summed E-state index contributed by atoms with van der Waals surface area (Å²) in [6, 6.07) is 15.4. The van der Waals surface area contributed by atoms with E-state index in [0.717, 1.165) is 0 Å². The highest BCUT2D eigenvalue weighted by Gasteiger charge is 2.17. The molecule has 0 atom stereocenters. The number of imidazole rings is 1. The van der Waals surface area contributed by atoms with E-state index in [2.05, 4.69) is 26.1 Å². The summed E-state index contributed by atoms with van der Waals surface area (Å²) in [5.41, 5.74) is 2.67. The van der Waals surface area contributed by atoms with Crippen molar-refractivity contribution in [3.8, 4) is 6.07 Å². The number of fused-ring (bicyclic) bond motifs is 3. The number of benzene rings is 2. The van der Waals surface area contributed by atoms with Crippen LogP contribution < -0.4 is 20.8 Å². The summed E-state index contributed by atoms with van der Waals surface area (Å²) in [6.45, 7) is 1.70. The lowest BCUT2D eigenvalue weighted by atomic mass is 10.1. The van der Waals surface area contributed by atoms with E-state index in [0.29, 0.717) is 38.7 Å². The van der Waals surface area contributed by atoms with Gasteiger partial charge in [0.15, 0.2) is 10.8 Å². The Morgan fingerprint density at radius 1 is 1.15 bits per heavy atom. The summed E-state index contributed by atoms with van der Waals surface area (Å²) < 4.78 is 28.9. The predicted molar refractivity (Wildman–Crippen MR) is 131 cm³/mol. The Morgan fingerprint density at radius 2 is 1.91 bits per heavy atom. The van der Waals surface area contributed by atoms with Crippen LogP contribution in [-0.2, 0) is 10.0 Å². The van der Waals surface area contributed by atoms with Crippen molar-refractivity contribution in [2.24, 2.45) is 0 Å². The fourth-order valence-electron chi connectivity index (χ4n) is 3.62. The molecule has 0 saturated carbocycles. The van der Waals surface area contributed by atoms with Crippen LogP contribution in [0.15, 0.2) is 69.8 Å². The summed E-state index contributed by atoms with van der Waals surface area (Å²) in [5, 5.41) is 15.0. The van der Waals surface area contributed by atoms with Gasteiger partial charge >= 0.3 is 0 Å². The molecule has 0 bridgehead atoms. The summed E-state index contributed by atoms with van der Waals surface area (Å²) in [6.07, 6.45) is 3.03. The first-order valence-corrected chi connectivity index (χ1v) is 12.4. The minimum Gasteiger partial charge on any atom is -0.361 e. The number of para-hydroxylation sites is 2. The Labute approximate surface area is 197 Å². The third-order valence-electron chi connectivity index (χ3n) is 5.31. The van der Waals surface area contributed by atoms with Gasteiger partial charge in [0.25, 0.3) is 15.6 Å². The maximum Gasteiger partial charge on any atom is 0.265 e. The number of nitriles is 1. The van der Waals surface area contributed by atoms with Gasteiger partial charge < -0.3 is 5.32 Å². The van der Waals surface area contributed by atoms with Crippen molar-refractivity contribution in [2.75, 3.05) is 10.0 Å². The summed E-state index contributed by atoms with van der Waals surface area (Å²) >= 11 is 1.18. The monoisotopic (exact) mass is 488 g/mol. The van der Waals surface area contributed by atoms with Gasteiger partial charge in [-0.05, 0) is 48.9 Å². The molecule has 0 fully saturated rings. The van der Waals surface area contributed by atoms with E-state index in [4.69, 9.17) is 0 Å². The zero-order chi connectivity index (χ0) is 23.9. The molecular weight excluding hydrogens is 472 g/mol. The molecule has 3 heterocycles. The molecule has 5 aromatic rings. The Kier molecular flexibility index (Phi) is 5.24. The van der Waals surface area contributed by atoms with Crippen LogP contribution in [-0.4, -0.2) is 22.8 Å². The lowest BCUT2D eigenvalue weighted by Gasteiger charge is -2.07. The fraction of sp³-hybridized carbons (Fsp3) is 0.0435. The van der Waals surface area contributed by atoms with E-state index in [-0.39, 0.29) is 15.6 Å². The average Bonchev–Trinajstić information content (AvgIpc) is 3.47. The topological polar surface area (TPSA) is 129 Å². The molecule has 2 N–H and O–H groups in total. The second-order valence-corrected chi connectivity index (χ2v) is 9.92. The third-order valence-corrected chi connectivity index (χ3v) is 7.48. The molecule has 3 aromatic heterocycles. The first-order chi connectivity index (χ1) is 16.4. The van der Waals surface area contributed by atoms with Crippen LogP contribution in [0.2, 0.25) is 0 Å². The summed E-state index contributed by atoms with van der Waals surface area (Å²) in [4.78, 5) is 21.8. The quantitative estimate of drug-likeness (QED) is 0.389. The molecule has 0 aliphatic heterocycles. The molecule has 168 valence electrons. The smallest absolute Gasteiger partial charge is 0.265 e. The fourth-order valence-corrected chi connectivity index (χ4v) is 5.41. The number of nitrogens with zero attached hydrogens (tertiary/aromatic N) is 4. The highest BCUT2D eigenvalue weighted by molar-refractivity contribution is 7.93. The Balaban J connectivity index is 1.53. The maximum atomic E-state index is 13.3. The van der Waals surface area contributed by atoms with Crippen LogP contribution in [0.3, 0.4) is 0 Å². The number of pyridine rings is 1. The molecule has 0 spiro atoms. The number of nitrogens with one attached hydrogen (secondary N) is 2. The minimum atomic E-state index is -3.76. The van der Waals surface area contributed by atoms with Gasteiger partial charge in [0.05, 0.1) is 26.7 Å². The molecule has 2 aromatic carbocycles. The highest BCUT2D eigenvalue weighted by Crippen LogP contribution is 2.20. The number of anilines is 2. The molecule has 11 heteroatoms. The molecule has 34 heavy (non-hydrogen) atoms. The van der Waals surface area contributed by atoms with E-state index in [1.165, 1.54) is 40.3 Å². The zero-order valence-corrected chi connectivity index (χ0v) is 19.3. The highest BCUT2D eigenvalue weighted by atomic mass is 32.2. The number of rotatable bonds is 5. The van der Waals surface area contributed by atoms with Gasteiger partial charge in [-0.25, -0.2) is 18.4 Å². The van der Waals surface area contributed by atoms with Crippen molar-refractivity contribution >= 4 is 55.1 Å². The van der Waals surface area contributed by atoms with Gasteiger partial charge in [0.1, 0.15) is 6.07 Å². The van der Waals surface area contributed by atoms with Crippen molar-refractivity contribution in [1.82, 2.24) is 14.4 Å². The van der Waals surface area contributed by atoms with Crippen molar-refractivity contribution in [3.63, 3.8) is 0 Å². The normalized spacial score (nSPS) is 12.2. The standard InChI is InChI=1S/C23H16N6O3S2/c1-14-17(12-24)21-27-19-4-2-3-5-20(19)29(21)22(30)18(14)13-26-15-6-8-16(9-7-15)34(31,32)28-23-25-10-11-33-23/h2-11,13,26H,1H3,(H,25,28)/b18-13-. The number of aromatic nitrogens is 3. The molecule has 5 rings (SSSR count). The Bertz CT molecular complexity index is 1800. The molecule has 0 unspecified atom stereocenters. The van der Waals surface area contributed by atoms with Crippen molar-refractivity contribution < 1.29 is 8.42 Å². The van der Waals surface area contributed by atoms with Gasteiger partial charge in [0, 0.05) is 23.5 Å². The Morgan fingerprint density at radius 3 is 2.62 bits per heavy atom. The van der Waals surface area contributed by atoms with Crippen LogP contribution >= 0.6 is 11.3 Å². The summed E-state index contributed by atoms with van der Waals surface area (Å²) in [5.74, 6) is 0. The van der Waals surface area contributed by atoms with Crippen LogP contribution in [0.1, 0.15) is 11.1 Å². The molecule has 9 nitrogen and oxygen atoms in total. The van der Waals surface area contributed by atoms with E-state index < -0.39 is 10.0 Å². The largest absolute Gasteiger partial charge is 0.361 e. The zero-order valence-electron chi connectivity index (χ0n) is 17.7. The molecular formula is C23H16N6O3S2. The first kappa shape index (κ1) is 21.6. The van der Waals surface area contributed by atoms with E-state index in [1.807, 2.05) is 12.1 Å². The molecule has 0 radical (unpaired) electrons. The van der Waals surface area contributed by atoms with E-state index in [1.54, 1.807) is 36.6 Å². The second-order valence-electron chi connectivity index (χ2n) is 7.35. The number of hydrogen-bond acceptors (Lipinski definition) is 8. The first-order valence-electron chi connectivity index (χ1n) is 10.0. The van der Waals surface area contributed by atoms with Gasteiger partial charge in [-0.1, -0.05) is 12.1 Å². The SMILES string of the molecule is Cc1c(C#N)c2nc3ccccc3n2c(=O)/c1=C\Nc1ccc(S(=O)(=O)Nc2nccs2)cc1. The van der Waals surface area contributed by atoms with Gasteiger partial charge in [-0.3, -0.25) is 13.9 Å². The molecule has 0 saturated heterocycles. The maximum absolute atomic E-state index is 13.3. The van der Waals surface area contributed by atoms with Crippen LogP contribution in [0.25, 0.3) is 22.9 Å². The summed E-state index contributed by atoms with van der Waals surface area (Å²) in [7, 11) is -3.76. The minimum absolute atomic E-state index is 0.0759. The number of hydrogen-bond donors (Lipinski definition) is 2. The third kappa shape index (κ3) is 3.64. The van der Waals surface area contributed by atoms with Crippen molar-refractivity contribution in [2.45, 2.75) is 11.8 Å². The van der Waals surface area contributed by atoms with E-state index in [9.17, 15) is 18.5 Å². The Hall–Kier alpha value is -4.27. The van der Waals surface area contributed by atoms with Crippen LogP contribution in [0, 0.1) is 18.3 Å². The second kappa shape index (κ2) is 8.26.